The number of nitrogens with one attached hydrogen (secondary N) is 1. The minimum atomic E-state index is -4.28. The van der Waals surface area contributed by atoms with Gasteiger partial charge in [-0.3, -0.25) is 4.90 Å². The molecule has 2 aliphatic rings. The summed E-state index contributed by atoms with van der Waals surface area (Å²) in [5.74, 6) is -2.72. The predicted molar refractivity (Wildman–Crippen MR) is 115 cm³/mol. The van der Waals surface area contributed by atoms with Crippen molar-refractivity contribution in [3.63, 3.8) is 0 Å². The molecule has 4 rings (SSSR count). The molecule has 0 bridgehead atoms. The molecule has 0 radical (unpaired) electrons. The molecule has 1 saturated heterocycles. The van der Waals surface area contributed by atoms with Crippen LogP contribution in [0.15, 0.2) is 36.4 Å². The van der Waals surface area contributed by atoms with Gasteiger partial charge in [-0.1, -0.05) is 6.07 Å². The summed E-state index contributed by atoms with van der Waals surface area (Å²) in [5.41, 5.74) is -0.537. The van der Waals surface area contributed by atoms with Crippen molar-refractivity contribution in [3.8, 4) is 0 Å². The minimum absolute atomic E-state index is 0. The highest BCUT2D eigenvalue weighted by molar-refractivity contribution is 7.95. The smallest absolute Gasteiger partial charge is 0.314 e. The van der Waals surface area contributed by atoms with E-state index in [-0.39, 0.29) is 42.7 Å². The highest BCUT2D eigenvalue weighted by atomic mass is 35.5. The molecule has 2 heterocycles. The Morgan fingerprint density at radius 2 is 1.60 bits per heavy atom. The van der Waals surface area contributed by atoms with Crippen molar-refractivity contribution in [2.75, 3.05) is 47.9 Å². The zero-order chi connectivity index (χ0) is 19.9. The first-order chi connectivity index (χ1) is 13.4. The third-order valence-electron chi connectivity index (χ3n) is 4.90. The number of benzene rings is 2. The Hall–Kier alpha value is -1.72. The normalized spacial score (nSPS) is 17.8. The van der Waals surface area contributed by atoms with E-state index in [4.69, 9.17) is 0 Å². The number of hydrogen-bond donors (Lipinski definition) is 1. The lowest BCUT2D eigenvalue weighted by molar-refractivity contribution is 0.248. The van der Waals surface area contributed by atoms with Crippen LogP contribution in [0.25, 0.3) is 0 Å². The largest absolute Gasteiger partial charge is 0.331 e. The molecule has 30 heavy (non-hydrogen) atoms. The van der Waals surface area contributed by atoms with E-state index in [1.54, 1.807) is 0 Å². The van der Waals surface area contributed by atoms with E-state index < -0.39 is 33.3 Å². The number of para-hydroxylation sites is 1. The van der Waals surface area contributed by atoms with Crippen LogP contribution < -0.4 is 13.9 Å². The lowest BCUT2D eigenvalue weighted by Gasteiger charge is -2.29. The van der Waals surface area contributed by atoms with Gasteiger partial charge in [0.2, 0.25) is 0 Å². The summed E-state index contributed by atoms with van der Waals surface area (Å²) in [5, 5.41) is 3.22. The summed E-state index contributed by atoms with van der Waals surface area (Å²) in [7, 11) is -4.28. The maximum Gasteiger partial charge on any atom is 0.331 e. The zero-order valence-electron chi connectivity index (χ0n) is 15.7. The van der Waals surface area contributed by atoms with E-state index in [0.717, 1.165) is 48.7 Å². The summed E-state index contributed by atoms with van der Waals surface area (Å²) in [4.78, 5) is 2.10. The van der Waals surface area contributed by atoms with Gasteiger partial charge in [-0.2, -0.15) is 8.42 Å². The molecular weight excluding hydrogens is 464 g/mol. The third kappa shape index (κ3) is 4.33. The second-order valence-electron chi connectivity index (χ2n) is 6.64. The standard InChI is InChI=1S/C18H19F3N4O2S.2ClH/c19-13-4-5-16(15(21)12-13)25-18-14(20)2-1-3-17(18)24(28(25,26)27)11-10-23-8-6-22-7-9-23;;/h1-5,12,22H,6-11H2;2*1H. The average molecular weight is 485 g/mol. The summed E-state index contributed by atoms with van der Waals surface area (Å²) in [6.07, 6.45) is 0. The van der Waals surface area contributed by atoms with Gasteiger partial charge in [0.15, 0.2) is 5.82 Å². The van der Waals surface area contributed by atoms with Crippen molar-refractivity contribution >= 4 is 52.1 Å². The number of fused-ring (bicyclic) bond motifs is 1. The van der Waals surface area contributed by atoms with Crippen LogP contribution in [0, 0.1) is 17.5 Å². The van der Waals surface area contributed by atoms with Crippen molar-refractivity contribution in [1.82, 2.24) is 10.2 Å². The van der Waals surface area contributed by atoms with Gasteiger partial charge in [0.25, 0.3) is 0 Å². The maximum atomic E-state index is 14.6. The monoisotopic (exact) mass is 484 g/mol. The fourth-order valence-corrected chi connectivity index (χ4v) is 5.25. The SMILES string of the molecule is Cl.Cl.O=S1(=O)N(CCN2CCNCC2)c2cccc(F)c2N1c1ccc(F)cc1F. The maximum absolute atomic E-state index is 14.6. The van der Waals surface area contributed by atoms with Gasteiger partial charge in [0, 0.05) is 45.3 Å². The molecular formula is C18H21Cl2F3N4O2S. The lowest BCUT2D eigenvalue weighted by atomic mass is 10.2. The average Bonchev–Trinajstić information content (AvgIpc) is 2.88. The molecule has 0 unspecified atom stereocenters. The van der Waals surface area contributed by atoms with E-state index in [2.05, 4.69) is 10.2 Å². The molecule has 0 aliphatic carbocycles. The Balaban J connectivity index is 0.00000160. The molecule has 0 aromatic heterocycles. The van der Waals surface area contributed by atoms with Crippen LogP contribution in [0.1, 0.15) is 0 Å². The lowest BCUT2D eigenvalue weighted by Crippen LogP contribution is -2.47. The Morgan fingerprint density at radius 3 is 2.27 bits per heavy atom. The summed E-state index contributed by atoms with van der Waals surface area (Å²) in [6.45, 7) is 3.73. The van der Waals surface area contributed by atoms with Gasteiger partial charge >= 0.3 is 10.2 Å². The van der Waals surface area contributed by atoms with Crippen LogP contribution in [0.4, 0.5) is 30.2 Å². The molecule has 2 aliphatic heterocycles. The number of anilines is 3. The van der Waals surface area contributed by atoms with E-state index in [1.807, 2.05) is 0 Å². The number of halogens is 5. The summed E-state index contributed by atoms with van der Waals surface area (Å²) >= 11 is 0. The molecule has 1 N–H and O–H groups in total. The Morgan fingerprint density at radius 1 is 0.900 bits per heavy atom. The fourth-order valence-electron chi connectivity index (χ4n) is 3.54. The molecule has 2 aromatic rings. The highest BCUT2D eigenvalue weighted by Gasteiger charge is 2.44. The Kier molecular flexibility index (Phi) is 7.86. The van der Waals surface area contributed by atoms with Crippen LogP contribution in [-0.4, -0.2) is 52.6 Å². The van der Waals surface area contributed by atoms with Crippen molar-refractivity contribution in [2.45, 2.75) is 0 Å². The van der Waals surface area contributed by atoms with Crippen LogP contribution in [0.3, 0.4) is 0 Å². The highest BCUT2D eigenvalue weighted by Crippen LogP contribution is 2.47. The van der Waals surface area contributed by atoms with Crippen molar-refractivity contribution in [2.24, 2.45) is 0 Å². The Bertz CT molecular complexity index is 1010. The van der Waals surface area contributed by atoms with Crippen molar-refractivity contribution in [1.29, 1.82) is 0 Å². The number of piperazine rings is 1. The van der Waals surface area contributed by atoms with E-state index in [1.165, 1.54) is 12.1 Å². The van der Waals surface area contributed by atoms with Gasteiger partial charge in [0.1, 0.15) is 17.3 Å². The van der Waals surface area contributed by atoms with Gasteiger partial charge < -0.3 is 5.32 Å². The molecule has 6 nitrogen and oxygen atoms in total. The number of hydrogen-bond acceptors (Lipinski definition) is 4. The van der Waals surface area contributed by atoms with Gasteiger partial charge in [-0.05, 0) is 24.3 Å². The molecule has 0 saturated carbocycles. The van der Waals surface area contributed by atoms with Crippen molar-refractivity contribution < 1.29 is 21.6 Å². The van der Waals surface area contributed by atoms with Gasteiger partial charge in [-0.25, -0.2) is 21.8 Å². The fraction of sp³-hybridized carbons (Fsp3) is 0.333. The Labute approximate surface area is 185 Å². The van der Waals surface area contributed by atoms with Gasteiger partial charge in [-0.15, -0.1) is 24.8 Å². The van der Waals surface area contributed by atoms with Crippen molar-refractivity contribution in [3.05, 3.63) is 53.8 Å². The predicted octanol–water partition coefficient (Wildman–Crippen LogP) is 3.06. The number of rotatable bonds is 4. The molecule has 0 atom stereocenters. The first-order valence-electron chi connectivity index (χ1n) is 8.89. The quantitative estimate of drug-likeness (QED) is 0.724. The molecule has 12 heteroatoms. The topological polar surface area (TPSA) is 55.9 Å². The van der Waals surface area contributed by atoms with E-state index in [0.29, 0.717) is 16.9 Å². The molecule has 0 amide bonds. The first-order valence-corrected chi connectivity index (χ1v) is 10.3. The minimum Gasteiger partial charge on any atom is -0.314 e. The molecule has 1 fully saturated rings. The summed E-state index contributed by atoms with van der Waals surface area (Å²) in [6, 6.07) is 6.52. The van der Waals surface area contributed by atoms with Crippen LogP contribution in [0.5, 0.6) is 0 Å². The van der Waals surface area contributed by atoms with Crippen LogP contribution in [0.2, 0.25) is 0 Å². The third-order valence-corrected chi connectivity index (χ3v) is 6.68. The zero-order valence-corrected chi connectivity index (χ0v) is 18.2. The second kappa shape index (κ2) is 9.61. The summed E-state index contributed by atoms with van der Waals surface area (Å²) < 4.78 is 70.4. The van der Waals surface area contributed by atoms with E-state index >= 15 is 0 Å². The number of nitrogens with zero attached hydrogens (tertiary/aromatic N) is 3. The molecule has 2 aromatic carbocycles. The van der Waals surface area contributed by atoms with E-state index in [9.17, 15) is 21.6 Å². The second-order valence-corrected chi connectivity index (χ2v) is 8.34. The molecule has 166 valence electrons. The molecule has 0 spiro atoms. The van der Waals surface area contributed by atoms with Crippen LogP contribution in [-0.2, 0) is 10.2 Å². The van der Waals surface area contributed by atoms with Gasteiger partial charge in [0.05, 0.1) is 11.4 Å². The first kappa shape index (κ1) is 24.5. The van der Waals surface area contributed by atoms with Crippen LogP contribution >= 0.6 is 24.8 Å².